The quantitative estimate of drug-likeness (QED) is 0.850. The van der Waals surface area contributed by atoms with Gasteiger partial charge in [0, 0.05) is 30.5 Å². The molecule has 21 heavy (non-hydrogen) atoms. The van der Waals surface area contributed by atoms with Crippen LogP contribution in [0.1, 0.15) is 17.4 Å². The maximum absolute atomic E-state index is 12.0. The third-order valence-electron chi connectivity index (χ3n) is 3.13. The van der Waals surface area contributed by atoms with Crippen molar-refractivity contribution in [3.8, 4) is 0 Å². The Morgan fingerprint density at radius 3 is 2.62 bits per heavy atom. The number of hydrogen-bond donors (Lipinski definition) is 2. The zero-order valence-corrected chi connectivity index (χ0v) is 13.1. The molecule has 2 N–H and O–H groups in total. The monoisotopic (exact) mass is 328 g/mol. The SMILES string of the molecule is Cn1cccc1C(O)CNS(=O)(=O)Cc1ccccc1Cl. The lowest BCUT2D eigenvalue weighted by molar-refractivity contribution is 0.173. The van der Waals surface area contributed by atoms with E-state index in [1.165, 1.54) is 0 Å². The molecule has 0 saturated heterocycles. The average Bonchev–Trinajstić information content (AvgIpc) is 2.85. The van der Waals surface area contributed by atoms with Crippen LogP contribution >= 0.6 is 11.6 Å². The van der Waals surface area contributed by atoms with E-state index in [2.05, 4.69) is 4.72 Å². The molecule has 0 bridgehead atoms. The minimum absolute atomic E-state index is 0.0787. The Morgan fingerprint density at radius 1 is 1.29 bits per heavy atom. The molecule has 0 amide bonds. The standard InChI is InChI=1S/C14H17ClN2O3S/c1-17-8-4-7-13(17)14(18)9-16-21(19,20)10-11-5-2-3-6-12(11)15/h2-8,14,16,18H,9-10H2,1H3. The highest BCUT2D eigenvalue weighted by Gasteiger charge is 2.17. The lowest BCUT2D eigenvalue weighted by atomic mass is 10.2. The van der Waals surface area contributed by atoms with Crippen LogP contribution in [0, 0.1) is 0 Å². The molecule has 1 aromatic carbocycles. The second-order valence-electron chi connectivity index (χ2n) is 4.76. The number of aliphatic hydroxyl groups excluding tert-OH is 1. The largest absolute Gasteiger partial charge is 0.386 e. The van der Waals surface area contributed by atoms with E-state index in [1.807, 2.05) is 0 Å². The molecule has 0 spiro atoms. The van der Waals surface area contributed by atoms with E-state index in [4.69, 9.17) is 11.6 Å². The summed E-state index contributed by atoms with van der Waals surface area (Å²) < 4.78 is 28.2. The van der Waals surface area contributed by atoms with Crippen molar-refractivity contribution in [2.45, 2.75) is 11.9 Å². The summed E-state index contributed by atoms with van der Waals surface area (Å²) in [6.45, 7) is -0.0787. The zero-order valence-electron chi connectivity index (χ0n) is 11.5. The summed E-state index contributed by atoms with van der Waals surface area (Å²) in [6, 6.07) is 10.3. The molecule has 1 aromatic heterocycles. The van der Waals surface area contributed by atoms with Gasteiger partial charge in [0.1, 0.15) is 6.10 Å². The van der Waals surface area contributed by atoms with Gasteiger partial charge < -0.3 is 9.67 Å². The third-order valence-corrected chi connectivity index (χ3v) is 4.79. The fourth-order valence-corrected chi connectivity index (χ4v) is 3.46. The summed E-state index contributed by atoms with van der Waals surface area (Å²) in [5, 5.41) is 10.4. The Balaban J connectivity index is 1.99. The lowest BCUT2D eigenvalue weighted by Crippen LogP contribution is -2.30. The number of benzene rings is 1. The van der Waals surface area contributed by atoms with Crippen molar-refractivity contribution in [2.75, 3.05) is 6.54 Å². The van der Waals surface area contributed by atoms with Crippen molar-refractivity contribution in [3.05, 3.63) is 58.9 Å². The molecule has 1 atom stereocenters. The van der Waals surface area contributed by atoms with E-state index in [9.17, 15) is 13.5 Å². The molecule has 1 heterocycles. The summed E-state index contributed by atoms with van der Waals surface area (Å²) in [7, 11) is -1.77. The van der Waals surface area contributed by atoms with Gasteiger partial charge in [0.2, 0.25) is 10.0 Å². The number of nitrogens with zero attached hydrogens (tertiary/aromatic N) is 1. The molecule has 1 unspecified atom stereocenters. The van der Waals surface area contributed by atoms with Crippen LogP contribution in [-0.4, -0.2) is 24.6 Å². The van der Waals surface area contributed by atoms with Gasteiger partial charge in [-0.05, 0) is 23.8 Å². The number of aromatic nitrogens is 1. The fourth-order valence-electron chi connectivity index (χ4n) is 2.00. The predicted molar refractivity (Wildman–Crippen MR) is 82.5 cm³/mol. The van der Waals surface area contributed by atoms with Crippen molar-refractivity contribution in [2.24, 2.45) is 7.05 Å². The van der Waals surface area contributed by atoms with E-state index < -0.39 is 16.1 Å². The maximum Gasteiger partial charge on any atom is 0.215 e. The maximum atomic E-state index is 12.0. The van der Waals surface area contributed by atoms with Crippen LogP contribution in [0.3, 0.4) is 0 Å². The van der Waals surface area contributed by atoms with Gasteiger partial charge in [-0.15, -0.1) is 0 Å². The van der Waals surface area contributed by atoms with Crippen LogP contribution in [-0.2, 0) is 22.8 Å². The van der Waals surface area contributed by atoms with Crippen molar-refractivity contribution in [1.82, 2.24) is 9.29 Å². The Bertz CT molecular complexity index is 713. The van der Waals surface area contributed by atoms with E-state index in [0.29, 0.717) is 16.3 Å². The smallest absolute Gasteiger partial charge is 0.215 e. The van der Waals surface area contributed by atoms with Crippen LogP contribution in [0.5, 0.6) is 0 Å². The zero-order chi connectivity index (χ0) is 15.5. The molecule has 0 saturated carbocycles. The molecular formula is C14H17ClN2O3S. The number of aryl methyl sites for hydroxylation is 1. The lowest BCUT2D eigenvalue weighted by Gasteiger charge is -2.13. The molecule has 5 nitrogen and oxygen atoms in total. The number of hydrogen-bond acceptors (Lipinski definition) is 3. The normalized spacial score (nSPS) is 13.3. The van der Waals surface area contributed by atoms with Crippen molar-refractivity contribution in [1.29, 1.82) is 0 Å². The van der Waals surface area contributed by atoms with E-state index in [-0.39, 0.29) is 12.3 Å². The molecule has 2 rings (SSSR count). The van der Waals surface area contributed by atoms with E-state index in [1.54, 1.807) is 54.2 Å². The van der Waals surface area contributed by atoms with Crippen LogP contribution in [0.15, 0.2) is 42.6 Å². The van der Waals surface area contributed by atoms with Gasteiger partial charge in [0.15, 0.2) is 0 Å². The molecule has 0 aliphatic heterocycles. The van der Waals surface area contributed by atoms with Crippen molar-refractivity contribution >= 4 is 21.6 Å². The third kappa shape index (κ3) is 4.31. The van der Waals surface area contributed by atoms with Gasteiger partial charge in [-0.2, -0.15) is 0 Å². The average molecular weight is 329 g/mol. The van der Waals surface area contributed by atoms with Gasteiger partial charge in [-0.3, -0.25) is 0 Å². The molecule has 0 aliphatic rings. The summed E-state index contributed by atoms with van der Waals surface area (Å²) in [4.78, 5) is 0. The van der Waals surface area contributed by atoms with Crippen LogP contribution in [0.4, 0.5) is 0 Å². The first-order chi connectivity index (χ1) is 9.89. The first kappa shape index (κ1) is 16.0. The molecule has 0 radical (unpaired) electrons. The molecular weight excluding hydrogens is 312 g/mol. The second-order valence-corrected chi connectivity index (χ2v) is 6.97. The van der Waals surface area contributed by atoms with Gasteiger partial charge in [0.05, 0.1) is 5.75 Å². The summed E-state index contributed by atoms with van der Waals surface area (Å²) in [6.07, 6.45) is 0.891. The number of halogens is 1. The topological polar surface area (TPSA) is 71.3 Å². The van der Waals surface area contributed by atoms with E-state index >= 15 is 0 Å². The summed E-state index contributed by atoms with van der Waals surface area (Å²) in [5.74, 6) is -0.216. The minimum atomic E-state index is -3.56. The molecule has 0 fully saturated rings. The highest BCUT2D eigenvalue weighted by Crippen LogP contribution is 2.18. The van der Waals surface area contributed by atoms with Crippen LogP contribution in [0.2, 0.25) is 5.02 Å². The van der Waals surface area contributed by atoms with Crippen molar-refractivity contribution < 1.29 is 13.5 Å². The Morgan fingerprint density at radius 2 is 2.00 bits per heavy atom. The fraction of sp³-hybridized carbons (Fsp3) is 0.286. The highest BCUT2D eigenvalue weighted by molar-refractivity contribution is 7.88. The molecule has 7 heteroatoms. The molecule has 0 aliphatic carbocycles. The van der Waals surface area contributed by atoms with E-state index in [0.717, 1.165) is 0 Å². The van der Waals surface area contributed by atoms with Gasteiger partial charge in [-0.25, -0.2) is 13.1 Å². The van der Waals surface area contributed by atoms with Crippen LogP contribution < -0.4 is 4.72 Å². The number of sulfonamides is 1. The van der Waals surface area contributed by atoms with Gasteiger partial charge in [0.25, 0.3) is 0 Å². The Hall–Kier alpha value is -1.34. The Kier molecular flexibility index (Phi) is 5.05. The van der Waals surface area contributed by atoms with Gasteiger partial charge in [-0.1, -0.05) is 29.8 Å². The molecule has 114 valence electrons. The second kappa shape index (κ2) is 6.62. The summed E-state index contributed by atoms with van der Waals surface area (Å²) in [5.41, 5.74) is 1.18. The minimum Gasteiger partial charge on any atom is -0.386 e. The number of nitrogens with one attached hydrogen (secondary N) is 1. The first-order valence-corrected chi connectivity index (χ1v) is 8.42. The summed E-state index contributed by atoms with van der Waals surface area (Å²) >= 11 is 5.95. The number of rotatable bonds is 6. The highest BCUT2D eigenvalue weighted by atomic mass is 35.5. The van der Waals surface area contributed by atoms with Crippen molar-refractivity contribution in [3.63, 3.8) is 0 Å². The predicted octanol–water partition coefficient (Wildman–Crippen LogP) is 1.83. The Labute approximate surface area is 129 Å². The number of aliphatic hydroxyl groups is 1. The first-order valence-electron chi connectivity index (χ1n) is 6.39. The van der Waals surface area contributed by atoms with Crippen LogP contribution in [0.25, 0.3) is 0 Å². The van der Waals surface area contributed by atoms with Gasteiger partial charge >= 0.3 is 0 Å². The molecule has 2 aromatic rings.